The standard InChI is InChI=1S/C20H21NO5S/c1-27(25,26)18-11-16(20(23)24)10-17(12-18)21-19(22)9-13-6-7-14-4-2-3-5-15(14)8-13/h2-5,10-13H,6-9H2,1H3,(H,21,22)(H,23,24). The van der Waals surface area contributed by atoms with Gasteiger partial charge in [0.2, 0.25) is 5.91 Å². The molecule has 0 fully saturated rings. The van der Waals surface area contributed by atoms with E-state index in [1.54, 1.807) is 0 Å². The molecule has 1 aliphatic carbocycles. The first-order valence-corrected chi connectivity index (χ1v) is 10.6. The summed E-state index contributed by atoms with van der Waals surface area (Å²) in [5, 5.41) is 11.8. The molecule has 7 heteroatoms. The van der Waals surface area contributed by atoms with Crippen molar-refractivity contribution in [2.45, 2.75) is 30.6 Å². The van der Waals surface area contributed by atoms with E-state index < -0.39 is 15.8 Å². The molecule has 3 rings (SSSR count). The quantitative estimate of drug-likeness (QED) is 0.822. The van der Waals surface area contributed by atoms with E-state index in [0.717, 1.165) is 31.6 Å². The summed E-state index contributed by atoms with van der Waals surface area (Å²) in [6, 6.07) is 11.8. The summed E-state index contributed by atoms with van der Waals surface area (Å²) in [5.74, 6) is -1.29. The number of carboxylic acid groups (broad SMARTS) is 1. The summed E-state index contributed by atoms with van der Waals surface area (Å²) in [7, 11) is -3.59. The molecular formula is C20H21NO5S. The van der Waals surface area contributed by atoms with Crippen LogP contribution >= 0.6 is 0 Å². The number of nitrogens with one attached hydrogen (secondary N) is 1. The lowest BCUT2D eigenvalue weighted by molar-refractivity contribution is -0.117. The molecule has 0 heterocycles. The summed E-state index contributed by atoms with van der Waals surface area (Å²) < 4.78 is 23.5. The third-order valence-corrected chi connectivity index (χ3v) is 5.88. The molecule has 0 radical (unpaired) electrons. The predicted molar refractivity (Wildman–Crippen MR) is 102 cm³/mol. The van der Waals surface area contributed by atoms with Crippen LogP contribution in [0, 0.1) is 5.92 Å². The second-order valence-corrected chi connectivity index (χ2v) is 8.97. The summed E-state index contributed by atoms with van der Waals surface area (Å²) >= 11 is 0. The van der Waals surface area contributed by atoms with Crippen LogP contribution < -0.4 is 5.32 Å². The lowest BCUT2D eigenvalue weighted by Crippen LogP contribution is -2.22. The van der Waals surface area contributed by atoms with Gasteiger partial charge in [-0.15, -0.1) is 0 Å². The zero-order valence-electron chi connectivity index (χ0n) is 14.9. The number of hydrogen-bond acceptors (Lipinski definition) is 4. The minimum absolute atomic E-state index is 0.135. The number of benzene rings is 2. The van der Waals surface area contributed by atoms with E-state index in [9.17, 15) is 23.1 Å². The molecule has 1 amide bonds. The number of fused-ring (bicyclic) bond motifs is 1. The van der Waals surface area contributed by atoms with Crippen LogP contribution in [0.25, 0.3) is 0 Å². The van der Waals surface area contributed by atoms with Crippen LogP contribution in [-0.2, 0) is 27.5 Å². The van der Waals surface area contributed by atoms with Gasteiger partial charge in [0.05, 0.1) is 10.5 Å². The number of carboxylic acids is 1. The second kappa shape index (κ2) is 7.52. The molecule has 142 valence electrons. The zero-order valence-corrected chi connectivity index (χ0v) is 15.8. The van der Waals surface area contributed by atoms with E-state index in [2.05, 4.69) is 17.4 Å². The maximum absolute atomic E-state index is 12.4. The van der Waals surface area contributed by atoms with Crippen LogP contribution in [0.4, 0.5) is 5.69 Å². The largest absolute Gasteiger partial charge is 0.478 e. The SMILES string of the molecule is CS(=O)(=O)c1cc(NC(=O)CC2CCc3ccccc3C2)cc(C(=O)O)c1. The van der Waals surface area contributed by atoms with E-state index >= 15 is 0 Å². The van der Waals surface area contributed by atoms with Gasteiger partial charge in [-0.25, -0.2) is 13.2 Å². The molecule has 6 nitrogen and oxygen atoms in total. The Labute approximate surface area is 158 Å². The molecule has 0 bridgehead atoms. The van der Waals surface area contributed by atoms with Gasteiger partial charge < -0.3 is 10.4 Å². The molecule has 0 saturated carbocycles. The number of aryl methyl sites for hydroxylation is 1. The third-order valence-electron chi connectivity index (χ3n) is 4.79. The number of rotatable bonds is 5. The van der Waals surface area contributed by atoms with E-state index in [0.29, 0.717) is 6.42 Å². The Morgan fingerprint density at radius 2 is 1.85 bits per heavy atom. The fourth-order valence-electron chi connectivity index (χ4n) is 3.43. The highest BCUT2D eigenvalue weighted by atomic mass is 32.2. The Kier molecular flexibility index (Phi) is 5.32. The molecule has 0 aliphatic heterocycles. The summed E-state index contributed by atoms with van der Waals surface area (Å²) in [6.07, 6.45) is 3.97. The van der Waals surface area contributed by atoms with Gasteiger partial charge in [0.1, 0.15) is 0 Å². The number of anilines is 1. The first kappa shape index (κ1) is 19.1. The lowest BCUT2D eigenvalue weighted by Gasteiger charge is -2.24. The van der Waals surface area contributed by atoms with Gasteiger partial charge in [0.25, 0.3) is 0 Å². The molecule has 2 aromatic rings. The molecule has 2 aromatic carbocycles. The van der Waals surface area contributed by atoms with E-state index in [4.69, 9.17) is 0 Å². The molecule has 0 aromatic heterocycles. The van der Waals surface area contributed by atoms with Crippen molar-refractivity contribution < 1.29 is 23.1 Å². The average Bonchev–Trinajstić information content (AvgIpc) is 2.60. The predicted octanol–water partition coefficient (Wildman–Crippen LogP) is 2.92. The van der Waals surface area contributed by atoms with Gasteiger partial charge in [-0.2, -0.15) is 0 Å². The van der Waals surface area contributed by atoms with Crippen LogP contribution in [0.15, 0.2) is 47.4 Å². The van der Waals surface area contributed by atoms with Gasteiger partial charge in [-0.1, -0.05) is 24.3 Å². The van der Waals surface area contributed by atoms with Gasteiger partial charge >= 0.3 is 5.97 Å². The van der Waals surface area contributed by atoms with Crippen molar-refractivity contribution in [3.05, 3.63) is 59.2 Å². The highest BCUT2D eigenvalue weighted by Crippen LogP contribution is 2.28. The maximum Gasteiger partial charge on any atom is 0.335 e. The van der Waals surface area contributed by atoms with Gasteiger partial charge in [-0.05, 0) is 54.5 Å². The number of sulfone groups is 1. The van der Waals surface area contributed by atoms with E-state index in [1.165, 1.54) is 23.3 Å². The summed E-state index contributed by atoms with van der Waals surface area (Å²) in [5.41, 5.74) is 2.58. The first-order chi connectivity index (χ1) is 12.7. The highest BCUT2D eigenvalue weighted by Gasteiger charge is 2.21. The smallest absolute Gasteiger partial charge is 0.335 e. The average molecular weight is 387 g/mol. The van der Waals surface area contributed by atoms with Crippen LogP contribution in [0.1, 0.15) is 34.3 Å². The van der Waals surface area contributed by atoms with Crippen molar-refractivity contribution in [1.82, 2.24) is 0 Å². The molecule has 0 saturated heterocycles. The molecule has 1 atom stereocenters. The van der Waals surface area contributed by atoms with Gasteiger partial charge in [0, 0.05) is 18.4 Å². The van der Waals surface area contributed by atoms with Crippen molar-refractivity contribution >= 4 is 27.4 Å². The highest BCUT2D eigenvalue weighted by molar-refractivity contribution is 7.90. The third kappa shape index (κ3) is 4.74. The van der Waals surface area contributed by atoms with Gasteiger partial charge in [0.15, 0.2) is 9.84 Å². The van der Waals surface area contributed by atoms with Crippen molar-refractivity contribution in [1.29, 1.82) is 0 Å². The Bertz CT molecular complexity index is 997. The fraction of sp³-hybridized carbons (Fsp3) is 0.300. The lowest BCUT2D eigenvalue weighted by atomic mass is 9.82. The van der Waals surface area contributed by atoms with Gasteiger partial charge in [-0.3, -0.25) is 4.79 Å². The normalized spacial score (nSPS) is 16.4. The van der Waals surface area contributed by atoms with Crippen LogP contribution in [0.3, 0.4) is 0 Å². The zero-order chi connectivity index (χ0) is 19.6. The Morgan fingerprint density at radius 3 is 2.52 bits per heavy atom. The van der Waals surface area contributed by atoms with E-state index in [1.807, 2.05) is 12.1 Å². The van der Waals surface area contributed by atoms with E-state index in [-0.39, 0.29) is 28.0 Å². The second-order valence-electron chi connectivity index (χ2n) is 6.95. The first-order valence-electron chi connectivity index (χ1n) is 8.67. The molecule has 0 spiro atoms. The molecule has 2 N–H and O–H groups in total. The minimum Gasteiger partial charge on any atom is -0.478 e. The van der Waals surface area contributed by atoms with Crippen molar-refractivity contribution in [3.63, 3.8) is 0 Å². The molecule has 1 aliphatic rings. The van der Waals surface area contributed by atoms with Crippen molar-refractivity contribution in [2.75, 3.05) is 11.6 Å². The van der Waals surface area contributed by atoms with Crippen LogP contribution in [0.2, 0.25) is 0 Å². The van der Waals surface area contributed by atoms with Crippen molar-refractivity contribution in [3.8, 4) is 0 Å². The molecular weight excluding hydrogens is 366 g/mol. The topological polar surface area (TPSA) is 101 Å². The fourth-order valence-corrected chi connectivity index (χ4v) is 4.11. The number of carbonyl (C=O) groups excluding carboxylic acids is 1. The molecule has 27 heavy (non-hydrogen) atoms. The number of hydrogen-bond donors (Lipinski definition) is 2. The van der Waals surface area contributed by atoms with Crippen LogP contribution in [-0.4, -0.2) is 31.7 Å². The molecule has 1 unspecified atom stereocenters. The monoisotopic (exact) mass is 387 g/mol. The number of aromatic carboxylic acids is 1. The van der Waals surface area contributed by atoms with Crippen molar-refractivity contribution in [2.24, 2.45) is 5.92 Å². The number of carbonyl (C=O) groups is 2. The summed E-state index contributed by atoms with van der Waals surface area (Å²) in [6.45, 7) is 0. The number of amides is 1. The summed E-state index contributed by atoms with van der Waals surface area (Å²) in [4.78, 5) is 23.5. The minimum atomic E-state index is -3.59. The Morgan fingerprint density at radius 1 is 1.15 bits per heavy atom. The Hall–Kier alpha value is -2.67. The Balaban J connectivity index is 1.73. The van der Waals surface area contributed by atoms with Crippen LogP contribution in [0.5, 0.6) is 0 Å². The maximum atomic E-state index is 12.4.